The van der Waals surface area contributed by atoms with E-state index in [0.29, 0.717) is 27.8 Å². The number of para-hydroxylation sites is 2. The number of ether oxygens (including phenoxy) is 1. The van der Waals surface area contributed by atoms with Crippen LogP contribution in [0, 0.1) is 10.1 Å². The zero-order chi connectivity index (χ0) is 23.8. The van der Waals surface area contributed by atoms with Crippen molar-refractivity contribution in [2.45, 2.75) is 0 Å². The normalized spacial score (nSPS) is 11.5. The maximum absolute atomic E-state index is 13.4. The molecular weight excluding hydrogens is 504 g/mol. The molecule has 0 aliphatic carbocycles. The van der Waals surface area contributed by atoms with Gasteiger partial charge in [-0.2, -0.15) is 9.78 Å². The minimum atomic E-state index is -0.544. The Morgan fingerprint density at radius 1 is 1.15 bits per heavy atom. The van der Waals surface area contributed by atoms with Gasteiger partial charge in [-0.15, -0.1) is 0 Å². The molecule has 0 saturated heterocycles. The number of rotatable bonds is 5. The molecule has 0 unspecified atom stereocenters. The Labute approximate surface area is 200 Å². The van der Waals surface area contributed by atoms with Crippen LogP contribution >= 0.6 is 15.9 Å². The molecule has 0 amide bonds. The van der Waals surface area contributed by atoms with E-state index in [4.69, 9.17) is 9.15 Å². The molecule has 0 radical (unpaired) electrons. The van der Waals surface area contributed by atoms with E-state index in [2.05, 4.69) is 26.0 Å². The lowest BCUT2D eigenvalue weighted by Gasteiger charge is -2.08. The fourth-order valence-corrected chi connectivity index (χ4v) is 4.02. The molecular formula is C24H15BrN4O5. The topological polar surface area (TPSA) is 113 Å². The number of nitro groups is 1. The van der Waals surface area contributed by atoms with Crippen LogP contribution in [0.25, 0.3) is 33.5 Å². The number of furan rings is 1. The number of nitrogens with zero attached hydrogens (tertiary/aromatic N) is 4. The van der Waals surface area contributed by atoms with Crippen molar-refractivity contribution in [1.82, 2.24) is 9.66 Å². The first kappa shape index (κ1) is 21.5. The van der Waals surface area contributed by atoms with Gasteiger partial charge in [0, 0.05) is 21.5 Å². The lowest BCUT2D eigenvalue weighted by Crippen LogP contribution is -2.20. The maximum Gasteiger partial charge on any atom is 0.311 e. The molecule has 0 N–H and O–H groups in total. The second-order valence-corrected chi connectivity index (χ2v) is 8.18. The summed E-state index contributed by atoms with van der Waals surface area (Å²) in [7, 11) is 1.33. The molecule has 0 aliphatic rings. The fraction of sp³-hybridized carbons (Fsp3) is 0.0417. The molecule has 9 nitrogen and oxygen atoms in total. The summed E-state index contributed by atoms with van der Waals surface area (Å²) in [6.07, 6.45) is 1.33. The Kier molecular flexibility index (Phi) is 5.42. The number of hydrogen-bond acceptors (Lipinski definition) is 7. The molecule has 10 heteroatoms. The Morgan fingerprint density at radius 3 is 2.76 bits per heavy atom. The SMILES string of the molecule is COc1c(C=Nn2c(-c3cc4cc(Br)ccc4o3)nc3ccccc3c2=O)cccc1[N+](=O)[O-]. The van der Waals surface area contributed by atoms with Crippen molar-refractivity contribution in [2.75, 3.05) is 7.11 Å². The standard InChI is InChI=1S/C24H15BrN4O5/c1-33-22-14(5-4-8-19(22)29(31)32)13-26-28-23(27-18-7-3-2-6-17(18)24(28)30)21-12-15-11-16(25)9-10-20(15)34-21/h2-13H,1H3. The molecule has 2 heterocycles. The van der Waals surface area contributed by atoms with E-state index in [9.17, 15) is 14.9 Å². The third kappa shape index (κ3) is 3.73. The van der Waals surface area contributed by atoms with Crippen LogP contribution in [-0.4, -0.2) is 27.9 Å². The highest BCUT2D eigenvalue weighted by Gasteiger charge is 2.19. The number of benzene rings is 3. The van der Waals surface area contributed by atoms with Crippen molar-refractivity contribution < 1.29 is 14.1 Å². The Morgan fingerprint density at radius 2 is 1.97 bits per heavy atom. The molecule has 3 aromatic carbocycles. The van der Waals surface area contributed by atoms with Crippen LogP contribution in [0.15, 0.2) is 85.5 Å². The predicted octanol–water partition coefficient (Wildman–Crippen LogP) is 5.37. The highest BCUT2D eigenvalue weighted by atomic mass is 79.9. The fourth-order valence-electron chi connectivity index (χ4n) is 3.64. The summed E-state index contributed by atoms with van der Waals surface area (Å²) in [6.45, 7) is 0. The van der Waals surface area contributed by atoms with Gasteiger partial charge in [-0.05, 0) is 42.5 Å². The van der Waals surface area contributed by atoms with Gasteiger partial charge < -0.3 is 9.15 Å². The van der Waals surface area contributed by atoms with E-state index < -0.39 is 10.5 Å². The van der Waals surface area contributed by atoms with Crippen molar-refractivity contribution in [3.05, 3.63) is 97.2 Å². The molecule has 34 heavy (non-hydrogen) atoms. The zero-order valence-electron chi connectivity index (χ0n) is 17.6. The van der Waals surface area contributed by atoms with E-state index >= 15 is 0 Å². The van der Waals surface area contributed by atoms with E-state index in [1.807, 2.05) is 18.2 Å². The first-order valence-corrected chi connectivity index (χ1v) is 10.8. The summed E-state index contributed by atoms with van der Waals surface area (Å²) in [4.78, 5) is 28.8. The number of hydrogen-bond donors (Lipinski definition) is 0. The van der Waals surface area contributed by atoms with Crippen LogP contribution in [0.4, 0.5) is 5.69 Å². The molecule has 5 rings (SSSR count). The molecule has 0 saturated carbocycles. The van der Waals surface area contributed by atoms with Gasteiger partial charge in [0.1, 0.15) is 5.58 Å². The van der Waals surface area contributed by atoms with Crippen molar-refractivity contribution in [3.8, 4) is 17.3 Å². The van der Waals surface area contributed by atoms with E-state index in [1.165, 1.54) is 25.5 Å². The maximum atomic E-state index is 13.4. The largest absolute Gasteiger partial charge is 0.490 e. The molecule has 0 bridgehead atoms. The van der Waals surface area contributed by atoms with Gasteiger partial charge >= 0.3 is 5.69 Å². The summed E-state index contributed by atoms with van der Waals surface area (Å²) in [6, 6.07) is 18.7. The van der Waals surface area contributed by atoms with Crippen molar-refractivity contribution in [2.24, 2.45) is 5.10 Å². The number of halogens is 1. The van der Waals surface area contributed by atoms with Crippen LogP contribution in [0.3, 0.4) is 0 Å². The van der Waals surface area contributed by atoms with Gasteiger partial charge in [0.25, 0.3) is 5.56 Å². The second-order valence-electron chi connectivity index (χ2n) is 7.26. The quantitative estimate of drug-likeness (QED) is 0.175. The predicted molar refractivity (Wildman–Crippen MR) is 132 cm³/mol. The van der Waals surface area contributed by atoms with Gasteiger partial charge in [0.05, 0.1) is 29.2 Å². The van der Waals surface area contributed by atoms with Gasteiger partial charge in [-0.3, -0.25) is 14.9 Å². The van der Waals surface area contributed by atoms with Gasteiger partial charge in [-0.1, -0.05) is 34.1 Å². The summed E-state index contributed by atoms with van der Waals surface area (Å²) in [5.74, 6) is 0.573. The Balaban J connectivity index is 1.73. The Hall–Kier alpha value is -4.31. The number of fused-ring (bicyclic) bond motifs is 2. The average molecular weight is 519 g/mol. The molecule has 0 atom stereocenters. The summed E-state index contributed by atoms with van der Waals surface area (Å²) < 4.78 is 13.2. The molecule has 0 spiro atoms. The van der Waals surface area contributed by atoms with Crippen LogP contribution in [0.1, 0.15) is 5.56 Å². The molecule has 5 aromatic rings. The monoisotopic (exact) mass is 518 g/mol. The third-order valence-electron chi connectivity index (χ3n) is 5.19. The van der Waals surface area contributed by atoms with Crippen molar-refractivity contribution >= 4 is 49.7 Å². The van der Waals surface area contributed by atoms with E-state index in [-0.39, 0.29) is 17.3 Å². The zero-order valence-corrected chi connectivity index (χ0v) is 19.2. The average Bonchev–Trinajstić information content (AvgIpc) is 3.26. The minimum Gasteiger partial charge on any atom is -0.490 e. The molecule has 168 valence electrons. The van der Waals surface area contributed by atoms with Crippen molar-refractivity contribution in [1.29, 1.82) is 0 Å². The number of aromatic nitrogens is 2. The summed E-state index contributed by atoms with van der Waals surface area (Å²) in [5, 5.41) is 16.9. The highest BCUT2D eigenvalue weighted by Crippen LogP contribution is 2.31. The van der Waals surface area contributed by atoms with E-state index in [0.717, 1.165) is 14.5 Å². The lowest BCUT2D eigenvalue weighted by atomic mass is 10.2. The molecule has 2 aromatic heterocycles. The first-order chi connectivity index (χ1) is 16.5. The highest BCUT2D eigenvalue weighted by molar-refractivity contribution is 9.10. The van der Waals surface area contributed by atoms with Gasteiger partial charge in [-0.25, -0.2) is 4.98 Å². The van der Waals surface area contributed by atoms with Crippen LogP contribution in [0.5, 0.6) is 5.75 Å². The smallest absolute Gasteiger partial charge is 0.311 e. The van der Waals surface area contributed by atoms with Crippen molar-refractivity contribution in [3.63, 3.8) is 0 Å². The second kappa shape index (κ2) is 8.56. The Bertz CT molecular complexity index is 1670. The number of methoxy groups -OCH3 is 1. The molecule has 0 aliphatic heterocycles. The van der Waals surface area contributed by atoms with Crippen LogP contribution in [-0.2, 0) is 0 Å². The van der Waals surface area contributed by atoms with Gasteiger partial charge in [0.2, 0.25) is 11.6 Å². The third-order valence-corrected chi connectivity index (χ3v) is 5.68. The summed E-state index contributed by atoms with van der Waals surface area (Å²) >= 11 is 3.44. The van der Waals surface area contributed by atoms with Crippen LogP contribution in [0.2, 0.25) is 0 Å². The minimum absolute atomic E-state index is 0.0354. The molecule has 0 fully saturated rings. The number of nitro benzene ring substituents is 1. The van der Waals surface area contributed by atoms with Gasteiger partial charge in [0.15, 0.2) is 5.76 Å². The lowest BCUT2D eigenvalue weighted by molar-refractivity contribution is -0.385. The van der Waals surface area contributed by atoms with E-state index in [1.54, 1.807) is 36.4 Å². The summed E-state index contributed by atoms with van der Waals surface area (Å²) in [5.41, 5.74) is 0.817. The first-order valence-electron chi connectivity index (χ1n) is 10.0. The van der Waals surface area contributed by atoms with Crippen LogP contribution < -0.4 is 10.3 Å².